The molecule has 7 heteroatoms. The van der Waals surface area contributed by atoms with Crippen LogP contribution >= 0.6 is 0 Å². The highest BCUT2D eigenvalue weighted by molar-refractivity contribution is 5.89. The summed E-state index contributed by atoms with van der Waals surface area (Å²) in [6.45, 7) is 1.10. The Morgan fingerprint density at radius 1 is 1.50 bits per heavy atom. The number of aliphatic hydroxyl groups excluding tert-OH is 2. The first kappa shape index (κ1) is 14.0. The third kappa shape index (κ3) is 3.74. The van der Waals surface area contributed by atoms with E-state index in [4.69, 9.17) is 5.53 Å². The summed E-state index contributed by atoms with van der Waals surface area (Å²) in [5.41, 5.74) is 8.93. The molecule has 18 heavy (non-hydrogen) atoms. The highest BCUT2D eigenvalue weighted by Gasteiger charge is 2.20. The van der Waals surface area contributed by atoms with Crippen molar-refractivity contribution in [2.75, 3.05) is 11.9 Å². The molecule has 1 aromatic rings. The van der Waals surface area contributed by atoms with E-state index in [9.17, 15) is 15.0 Å². The number of azide groups is 1. The summed E-state index contributed by atoms with van der Waals surface area (Å²) in [4.78, 5) is 13.5. The van der Waals surface area contributed by atoms with Crippen molar-refractivity contribution >= 4 is 11.6 Å². The molecule has 2 unspecified atom stereocenters. The molecule has 0 spiro atoms. The van der Waals surface area contributed by atoms with Crippen LogP contribution in [0.3, 0.4) is 0 Å². The maximum atomic E-state index is 11.0. The molecule has 3 N–H and O–H groups in total. The van der Waals surface area contributed by atoms with E-state index >= 15 is 0 Å². The fourth-order valence-corrected chi connectivity index (χ4v) is 1.49. The largest absolute Gasteiger partial charge is 0.390 e. The lowest BCUT2D eigenvalue weighted by Crippen LogP contribution is -2.22. The Bertz CT molecular complexity index is 471. The monoisotopic (exact) mass is 250 g/mol. The van der Waals surface area contributed by atoms with Crippen LogP contribution in [0.2, 0.25) is 0 Å². The van der Waals surface area contributed by atoms with Gasteiger partial charge < -0.3 is 15.5 Å². The number of amides is 1. The molecule has 0 aliphatic rings. The van der Waals surface area contributed by atoms with Crippen molar-refractivity contribution in [1.82, 2.24) is 0 Å². The third-order valence-electron chi connectivity index (χ3n) is 2.29. The minimum atomic E-state index is -1.24. The number of carbonyl (C=O) groups is 1. The van der Waals surface area contributed by atoms with E-state index in [-0.39, 0.29) is 12.5 Å². The smallest absolute Gasteiger partial charge is 0.221 e. The predicted molar refractivity (Wildman–Crippen MR) is 65.7 cm³/mol. The van der Waals surface area contributed by atoms with Gasteiger partial charge in [-0.05, 0) is 11.6 Å². The summed E-state index contributed by atoms with van der Waals surface area (Å²) in [6, 6.07) is 6.56. The van der Waals surface area contributed by atoms with Crippen molar-refractivity contribution in [3.63, 3.8) is 0 Å². The molecular formula is C11H14N4O3. The van der Waals surface area contributed by atoms with E-state index in [1.807, 2.05) is 0 Å². The van der Waals surface area contributed by atoms with E-state index in [0.717, 1.165) is 0 Å². The van der Waals surface area contributed by atoms with E-state index < -0.39 is 12.2 Å². The van der Waals surface area contributed by atoms with Gasteiger partial charge in [-0.1, -0.05) is 23.3 Å². The Hall–Kier alpha value is -2.08. The molecule has 0 saturated carbocycles. The topological polar surface area (TPSA) is 118 Å². The van der Waals surface area contributed by atoms with Crippen LogP contribution in [0.25, 0.3) is 10.4 Å². The molecule has 1 amide bonds. The number of hydrogen-bond donors (Lipinski definition) is 3. The SMILES string of the molecule is CC(=O)Nc1ccccc1C(O)C(O)CN=[N+]=[N-]. The summed E-state index contributed by atoms with van der Waals surface area (Å²) >= 11 is 0. The Morgan fingerprint density at radius 3 is 2.78 bits per heavy atom. The predicted octanol–water partition coefficient (Wildman–Crippen LogP) is 1.35. The fourth-order valence-electron chi connectivity index (χ4n) is 1.49. The molecule has 0 saturated heterocycles. The zero-order valence-corrected chi connectivity index (χ0v) is 9.82. The van der Waals surface area contributed by atoms with Crippen molar-refractivity contribution in [2.45, 2.75) is 19.1 Å². The van der Waals surface area contributed by atoms with E-state index in [1.54, 1.807) is 24.3 Å². The van der Waals surface area contributed by atoms with Gasteiger partial charge in [0, 0.05) is 23.1 Å². The molecule has 2 atom stereocenters. The van der Waals surface area contributed by atoms with Crippen LogP contribution in [0.5, 0.6) is 0 Å². The summed E-state index contributed by atoms with van der Waals surface area (Å²) in [5, 5.41) is 25.3. The van der Waals surface area contributed by atoms with Gasteiger partial charge in [-0.2, -0.15) is 0 Å². The first-order valence-electron chi connectivity index (χ1n) is 5.29. The molecule has 0 aliphatic heterocycles. The molecule has 1 rings (SSSR count). The molecule has 7 nitrogen and oxygen atoms in total. The van der Waals surface area contributed by atoms with Gasteiger partial charge in [-0.15, -0.1) is 0 Å². The molecule has 0 fully saturated rings. The first-order valence-corrected chi connectivity index (χ1v) is 5.29. The van der Waals surface area contributed by atoms with Crippen LogP contribution in [0.4, 0.5) is 5.69 Å². The summed E-state index contributed by atoms with van der Waals surface area (Å²) in [7, 11) is 0. The minimum absolute atomic E-state index is 0.244. The quantitative estimate of drug-likeness (QED) is 0.415. The number of rotatable bonds is 5. The van der Waals surface area contributed by atoms with Crippen molar-refractivity contribution in [1.29, 1.82) is 0 Å². The number of nitrogens with zero attached hydrogens (tertiary/aromatic N) is 3. The standard InChI is InChI=1S/C11H14N4O3/c1-7(16)14-9-5-3-2-4-8(9)11(18)10(17)6-13-15-12/h2-5,10-11,17-18H,6H2,1H3,(H,14,16). The lowest BCUT2D eigenvalue weighted by Gasteiger charge is -2.19. The Balaban J connectivity index is 2.93. The van der Waals surface area contributed by atoms with Crippen LogP contribution < -0.4 is 5.32 Å². The van der Waals surface area contributed by atoms with Crippen LogP contribution in [0.1, 0.15) is 18.6 Å². The fraction of sp³-hybridized carbons (Fsp3) is 0.364. The van der Waals surface area contributed by atoms with Gasteiger partial charge in [0.25, 0.3) is 0 Å². The highest BCUT2D eigenvalue weighted by Crippen LogP contribution is 2.25. The van der Waals surface area contributed by atoms with E-state index in [2.05, 4.69) is 15.3 Å². The minimum Gasteiger partial charge on any atom is -0.390 e. The summed E-state index contributed by atoms with van der Waals surface area (Å²) < 4.78 is 0. The van der Waals surface area contributed by atoms with Gasteiger partial charge in [0.05, 0.1) is 12.6 Å². The zero-order valence-electron chi connectivity index (χ0n) is 9.82. The Labute approximate surface area is 104 Å². The van der Waals surface area contributed by atoms with Gasteiger partial charge in [-0.3, -0.25) is 4.79 Å². The van der Waals surface area contributed by atoms with Crippen molar-refractivity contribution in [3.8, 4) is 0 Å². The number of benzene rings is 1. The van der Waals surface area contributed by atoms with Gasteiger partial charge in [-0.25, -0.2) is 0 Å². The maximum absolute atomic E-state index is 11.0. The normalized spacial score (nSPS) is 13.3. The molecule has 0 bridgehead atoms. The molecule has 0 heterocycles. The van der Waals surface area contributed by atoms with Gasteiger partial charge in [0.15, 0.2) is 0 Å². The van der Waals surface area contributed by atoms with Crippen molar-refractivity contribution < 1.29 is 15.0 Å². The average molecular weight is 250 g/mol. The Morgan fingerprint density at radius 2 is 2.17 bits per heavy atom. The van der Waals surface area contributed by atoms with E-state index in [1.165, 1.54) is 6.92 Å². The lowest BCUT2D eigenvalue weighted by molar-refractivity contribution is -0.114. The Kier molecular flexibility index (Phi) is 5.13. The number of para-hydroxylation sites is 1. The summed E-state index contributed by atoms with van der Waals surface area (Å²) in [6.07, 6.45) is -2.46. The van der Waals surface area contributed by atoms with E-state index in [0.29, 0.717) is 11.3 Å². The number of hydrogen-bond acceptors (Lipinski definition) is 4. The zero-order chi connectivity index (χ0) is 13.5. The molecular weight excluding hydrogens is 236 g/mol. The molecule has 96 valence electrons. The second-order valence-electron chi connectivity index (χ2n) is 3.69. The number of nitrogens with one attached hydrogen (secondary N) is 1. The number of aliphatic hydroxyl groups is 2. The lowest BCUT2D eigenvalue weighted by atomic mass is 10.0. The van der Waals surface area contributed by atoms with Crippen LogP contribution in [0.15, 0.2) is 29.4 Å². The summed E-state index contributed by atoms with van der Waals surface area (Å²) in [5.74, 6) is -0.279. The van der Waals surface area contributed by atoms with Crippen LogP contribution in [0, 0.1) is 0 Å². The second-order valence-corrected chi connectivity index (χ2v) is 3.69. The van der Waals surface area contributed by atoms with Crippen LogP contribution in [-0.2, 0) is 4.79 Å². The maximum Gasteiger partial charge on any atom is 0.221 e. The first-order chi connectivity index (χ1) is 8.56. The van der Waals surface area contributed by atoms with Gasteiger partial charge in [0.1, 0.15) is 6.10 Å². The average Bonchev–Trinajstić information content (AvgIpc) is 2.35. The molecule has 1 aromatic carbocycles. The van der Waals surface area contributed by atoms with Gasteiger partial charge >= 0.3 is 0 Å². The number of anilines is 1. The molecule has 0 radical (unpaired) electrons. The van der Waals surface area contributed by atoms with Crippen molar-refractivity contribution in [2.24, 2.45) is 5.11 Å². The third-order valence-corrected chi connectivity index (χ3v) is 2.29. The number of carbonyl (C=O) groups excluding carboxylic acids is 1. The van der Waals surface area contributed by atoms with Crippen LogP contribution in [-0.4, -0.2) is 28.8 Å². The molecule has 0 aromatic heterocycles. The highest BCUT2D eigenvalue weighted by atomic mass is 16.3. The molecule has 0 aliphatic carbocycles. The second kappa shape index (κ2) is 6.61. The van der Waals surface area contributed by atoms with Crippen molar-refractivity contribution in [3.05, 3.63) is 40.3 Å². The van der Waals surface area contributed by atoms with Gasteiger partial charge in [0.2, 0.25) is 5.91 Å².